The lowest BCUT2D eigenvalue weighted by Gasteiger charge is -2.06. The number of nitrogens with one attached hydrogen (secondary N) is 1. The highest BCUT2D eigenvalue weighted by atomic mass is 32.2. The number of thioether (sulfide) groups is 1. The van der Waals surface area contributed by atoms with Crippen LogP contribution < -0.4 is 5.32 Å². The molecule has 0 aromatic carbocycles. The number of hydrogen-bond acceptors (Lipinski definition) is 3. The van der Waals surface area contributed by atoms with Crippen molar-refractivity contribution in [2.24, 2.45) is 5.92 Å². The SMILES string of the molecule is COCCSCCCCNCC(C)C. The molecule has 0 radical (unpaired) electrons. The first-order valence-electron chi connectivity index (χ1n) is 5.54. The van der Waals surface area contributed by atoms with Crippen molar-refractivity contribution in [2.75, 3.05) is 38.3 Å². The number of methoxy groups -OCH3 is 1. The van der Waals surface area contributed by atoms with Crippen LogP contribution in [0.1, 0.15) is 26.7 Å². The average molecular weight is 219 g/mol. The zero-order valence-corrected chi connectivity index (χ0v) is 10.7. The summed E-state index contributed by atoms with van der Waals surface area (Å²) in [5.41, 5.74) is 0. The van der Waals surface area contributed by atoms with Crippen LogP contribution in [0, 0.1) is 5.92 Å². The van der Waals surface area contributed by atoms with Gasteiger partial charge in [-0.15, -0.1) is 0 Å². The Morgan fingerprint density at radius 1 is 1.21 bits per heavy atom. The summed E-state index contributed by atoms with van der Waals surface area (Å²) in [5, 5.41) is 3.45. The van der Waals surface area contributed by atoms with Crippen molar-refractivity contribution in [3.8, 4) is 0 Å². The summed E-state index contributed by atoms with van der Waals surface area (Å²) in [6, 6.07) is 0. The predicted molar refractivity (Wildman–Crippen MR) is 66.1 cm³/mol. The third-order valence-corrected chi connectivity index (χ3v) is 2.91. The summed E-state index contributed by atoms with van der Waals surface area (Å²) in [6.45, 7) is 7.69. The zero-order chi connectivity index (χ0) is 10.6. The van der Waals surface area contributed by atoms with E-state index in [1.165, 1.54) is 25.1 Å². The fraction of sp³-hybridized carbons (Fsp3) is 1.00. The van der Waals surface area contributed by atoms with E-state index < -0.39 is 0 Å². The van der Waals surface area contributed by atoms with Crippen LogP contribution in [-0.4, -0.2) is 38.3 Å². The van der Waals surface area contributed by atoms with Crippen LogP contribution in [0.2, 0.25) is 0 Å². The van der Waals surface area contributed by atoms with Crippen LogP contribution in [0.3, 0.4) is 0 Å². The van der Waals surface area contributed by atoms with Gasteiger partial charge in [-0.2, -0.15) is 11.8 Å². The van der Waals surface area contributed by atoms with Gasteiger partial charge in [0.15, 0.2) is 0 Å². The molecule has 86 valence electrons. The molecule has 0 amide bonds. The topological polar surface area (TPSA) is 21.3 Å². The van der Waals surface area contributed by atoms with Crippen LogP contribution in [-0.2, 0) is 4.74 Å². The van der Waals surface area contributed by atoms with Gasteiger partial charge < -0.3 is 10.1 Å². The molecule has 0 aliphatic heterocycles. The second kappa shape index (κ2) is 11.3. The van der Waals surface area contributed by atoms with E-state index in [0.29, 0.717) is 0 Å². The van der Waals surface area contributed by atoms with Crippen molar-refractivity contribution in [3.05, 3.63) is 0 Å². The Bertz CT molecular complexity index is 109. The van der Waals surface area contributed by atoms with Gasteiger partial charge in [0.2, 0.25) is 0 Å². The Balaban J connectivity index is 2.85. The minimum atomic E-state index is 0.770. The Morgan fingerprint density at radius 3 is 2.64 bits per heavy atom. The molecule has 0 fully saturated rings. The van der Waals surface area contributed by atoms with E-state index in [2.05, 4.69) is 19.2 Å². The van der Waals surface area contributed by atoms with Crippen molar-refractivity contribution in [2.45, 2.75) is 26.7 Å². The molecule has 0 unspecified atom stereocenters. The van der Waals surface area contributed by atoms with Gasteiger partial charge in [-0.1, -0.05) is 13.8 Å². The van der Waals surface area contributed by atoms with Crippen molar-refractivity contribution in [3.63, 3.8) is 0 Å². The largest absolute Gasteiger partial charge is 0.384 e. The molecule has 0 aromatic rings. The molecule has 0 aromatic heterocycles. The third-order valence-electron chi connectivity index (χ3n) is 1.88. The smallest absolute Gasteiger partial charge is 0.0552 e. The molecule has 0 aliphatic carbocycles. The van der Waals surface area contributed by atoms with Crippen LogP contribution in [0.4, 0.5) is 0 Å². The molecule has 1 N–H and O–H groups in total. The molecule has 0 atom stereocenters. The summed E-state index contributed by atoms with van der Waals surface area (Å²) in [4.78, 5) is 0. The molecule has 0 saturated heterocycles. The van der Waals surface area contributed by atoms with Gasteiger partial charge in [-0.05, 0) is 37.6 Å². The fourth-order valence-corrected chi connectivity index (χ4v) is 1.99. The van der Waals surface area contributed by atoms with Gasteiger partial charge in [0, 0.05) is 12.9 Å². The van der Waals surface area contributed by atoms with E-state index in [9.17, 15) is 0 Å². The van der Waals surface area contributed by atoms with Crippen molar-refractivity contribution in [1.82, 2.24) is 5.32 Å². The maximum absolute atomic E-state index is 4.98. The van der Waals surface area contributed by atoms with Gasteiger partial charge in [0.1, 0.15) is 0 Å². The average Bonchev–Trinajstić information content (AvgIpc) is 2.15. The zero-order valence-electron chi connectivity index (χ0n) is 9.84. The van der Waals surface area contributed by atoms with Gasteiger partial charge >= 0.3 is 0 Å². The second-order valence-corrected chi connectivity index (χ2v) is 5.13. The Labute approximate surface area is 93.2 Å². The Hall–Kier alpha value is 0.270. The van der Waals surface area contributed by atoms with Gasteiger partial charge in [-0.25, -0.2) is 0 Å². The molecule has 0 spiro atoms. The van der Waals surface area contributed by atoms with Gasteiger partial charge in [0.25, 0.3) is 0 Å². The first-order chi connectivity index (χ1) is 6.77. The van der Waals surface area contributed by atoms with Crippen LogP contribution in [0.5, 0.6) is 0 Å². The normalized spacial score (nSPS) is 11.1. The molecule has 0 rings (SSSR count). The second-order valence-electron chi connectivity index (χ2n) is 3.91. The quantitative estimate of drug-likeness (QED) is 0.570. The minimum Gasteiger partial charge on any atom is -0.384 e. The van der Waals surface area contributed by atoms with Crippen molar-refractivity contribution < 1.29 is 4.74 Å². The van der Waals surface area contributed by atoms with Crippen LogP contribution in [0.15, 0.2) is 0 Å². The molecule has 0 saturated carbocycles. The van der Waals surface area contributed by atoms with E-state index in [1.54, 1.807) is 7.11 Å². The van der Waals surface area contributed by atoms with E-state index in [0.717, 1.165) is 24.8 Å². The summed E-state index contributed by atoms with van der Waals surface area (Å²) in [6.07, 6.45) is 2.62. The maximum Gasteiger partial charge on any atom is 0.0552 e. The number of hydrogen-bond donors (Lipinski definition) is 1. The molecular formula is C11H25NOS. The number of ether oxygens (including phenoxy) is 1. The molecule has 3 heteroatoms. The van der Waals surface area contributed by atoms with E-state index in [-0.39, 0.29) is 0 Å². The summed E-state index contributed by atoms with van der Waals surface area (Å²) in [5.74, 6) is 3.17. The monoisotopic (exact) mass is 219 g/mol. The van der Waals surface area contributed by atoms with Gasteiger partial charge in [0.05, 0.1) is 6.61 Å². The first-order valence-corrected chi connectivity index (χ1v) is 6.70. The fourth-order valence-electron chi connectivity index (χ4n) is 1.09. The molecule has 14 heavy (non-hydrogen) atoms. The summed E-state index contributed by atoms with van der Waals surface area (Å²) < 4.78 is 4.98. The Morgan fingerprint density at radius 2 is 2.00 bits per heavy atom. The third kappa shape index (κ3) is 12.3. The van der Waals surface area contributed by atoms with E-state index >= 15 is 0 Å². The number of rotatable bonds is 10. The molecule has 0 aliphatic rings. The summed E-state index contributed by atoms with van der Waals surface area (Å²) in [7, 11) is 1.76. The van der Waals surface area contributed by atoms with E-state index in [1.807, 2.05) is 11.8 Å². The first kappa shape index (κ1) is 14.3. The Kier molecular flexibility index (Phi) is 11.6. The van der Waals surface area contributed by atoms with Crippen LogP contribution in [0.25, 0.3) is 0 Å². The number of unbranched alkanes of at least 4 members (excludes halogenated alkanes) is 1. The predicted octanol–water partition coefficient (Wildman–Crippen LogP) is 2.39. The molecule has 0 bridgehead atoms. The highest BCUT2D eigenvalue weighted by molar-refractivity contribution is 7.99. The lowest BCUT2D eigenvalue weighted by molar-refractivity contribution is 0.218. The lowest BCUT2D eigenvalue weighted by atomic mass is 10.2. The lowest BCUT2D eigenvalue weighted by Crippen LogP contribution is -2.20. The van der Waals surface area contributed by atoms with Crippen molar-refractivity contribution in [1.29, 1.82) is 0 Å². The maximum atomic E-state index is 4.98. The molecule has 0 heterocycles. The molecular weight excluding hydrogens is 194 g/mol. The summed E-state index contributed by atoms with van der Waals surface area (Å²) >= 11 is 1.99. The highest BCUT2D eigenvalue weighted by Crippen LogP contribution is 2.03. The van der Waals surface area contributed by atoms with Crippen LogP contribution >= 0.6 is 11.8 Å². The van der Waals surface area contributed by atoms with Gasteiger partial charge in [-0.3, -0.25) is 0 Å². The minimum absolute atomic E-state index is 0.770. The highest BCUT2D eigenvalue weighted by Gasteiger charge is 1.93. The standard InChI is InChI=1S/C11H25NOS/c1-11(2)10-12-6-4-5-8-14-9-7-13-3/h11-12H,4-10H2,1-3H3. The van der Waals surface area contributed by atoms with E-state index in [4.69, 9.17) is 4.74 Å². The molecule has 2 nitrogen and oxygen atoms in total. The van der Waals surface area contributed by atoms with Crippen molar-refractivity contribution >= 4 is 11.8 Å².